The molecular formula is C27H38N4. The smallest absolute Gasteiger partial charge is 0.0607 e. The molecule has 1 aromatic heterocycles. The van der Waals surface area contributed by atoms with Crippen LogP contribution in [0.2, 0.25) is 0 Å². The largest absolute Gasteiger partial charge is 0.328 e. The Hall–Kier alpha value is -1.75. The number of hydrogen-bond acceptors (Lipinski definition) is 4. The van der Waals surface area contributed by atoms with Gasteiger partial charge in [0.05, 0.1) is 11.7 Å². The Kier molecular flexibility index (Phi) is 6.40. The Morgan fingerprint density at radius 1 is 1.06 bits per heavy atom. The van der Waals surface area contributed by atoms with Crippen LogP contribution in [0.25, 0.3) is 0 Å². The SMILES string of the molecule is CN(C[C@H]1Cc2c(cccc2CC2CCC(N)CC2)CN1)[C@H]1CCCc2cccnc21. The third kappa shape index (κ3) is 4.72. The Labute approximate surface area is 187 Å². The molecule has 1 saturated carbocycles. The summed E-state index contributed by atoms with van der Waals surface area (Å²) in [6.45, 7) is 2.07. The van der Waals surface area contributed by atoms with Crippen LogP contribution in [0.15, 0.2) is 36.5 Å². The number of likely N-dealkylation sites (N-methyl/N-ethyl adjacent to an activating group) is 1. The standard InChI is InChI=1S/C27H38N4/c1-31(26-9-3-5-20-8-4-14-29-27(20)26)18-24-16-25-21(6-2-7-22(25)17-30-24)15-19-10-12-23(28)13-11-19/h2,4,6-8,14,19,23-24,26,30H,3,5,9-13,15-18,28H2,1H3/t19?,23?,24-,26+/m1/s1. The van der Waals surface area contributed by atoms with E-state index >= 15 is 0 Å². The molecule has 0 unspecified atom stereocenters. The molecule has 0 bridgehead atoms. The summed E-state index contributed by atoms with van der Waals surface area (Å²) >= 11 is 0. The Morgan fingerprint density at radius 2 is 1.90 bits per heavy atom. The van der Waals surface area contributed by atoms with Crippen LogP contribution in [0.5, 0.6) is 0 Å². The minimum absolute atomic E-state index is 0.435. The van der Waals surface area contributed by atoms with Crippen molar-refractivity contribution in [3.05, 3.63) is 64.5 Å². The second kappa shape index (κ2) is 9.40. The Bertz CT molecular complexity index is 887. The molecule has 2 aromatic rings. The van der Waals surface area contributed by atoms with Crippen LogP contribution in [0.4, 0.5) is 0 Å². The number of aryl methyl sites for hydroxylation is 1. The van der Waals surface area contributed by atoms with Crippen LogP contribution >= 0.6 is 0 Å². The monoisotopic (exact) mass is 418 g/mol. The number of nitrogens with two attached hydrogens (primary N) is 1. The number of nitrogens with zero attached hydrogens (tertiary/aromatic N) is 2. The van der Waals surface area contributed by atoms with Gasteiger partial charge in [0.25, 0.3) is 0 Å². The zero-order valence-corrected chi connectivity index (χ0v) is 19.0. The summed E-state index contributed by atoms with van der Waals surface area (Å²) in [7, 11) is 2.29. The van der Waals surface area contributed by atoms with Crippen LogP contribution in [-0.4, -0.2) is 35.6 Å². The number of fused-ring (bicyclic) bond motifs is 2. The van der Waals surface area contributed by atoms with Crippen LogP contribution in [0.3, 0.4) is 0 Å². The minimum Gasteiger partial charge on any atom is -0.328 e. The van der Waals surface area contributed by atoms with E-state index in [9.17, 15) is 0 Å². The van der Waals surface area contributed by atoms with Gasteiger partial charge in [-0.25, -0.2) is 0 Å². The van der Waals surface area contributed by atoms with Gasteiger partial charge in [0.2, 0.25) is 0 Å². The lowest BCUT2D eigenvalue weighted by molar-refractivity contribution is 0.190. The molecule has 4 heteroatoms. The number of aromatic nitrogens is 1. The van der Waals surface area contributed by atoms with E-state index in [0.717, 1.165) is 25.4 Å². The molecule has 0 amide bonds. The highest BCUT2D eigenvalue weighted by molar-refractivity contribution is 5.38. The molecule has 2 heterocycles. The maximum atomic E-state index is 6.14. The molecule has 31 heavy (non-hydrogen) atoms. The molecule has 2 aliphatic carbocycles. The fraction of sp³-hybridized carbons (Fsp3) is 0.593. The van der Waals surface area contributed by atoms with Crippen molar-refractivity contribution in [3.63, 3.8) is 0 Å². The van der Waals surface area contributed by atoms with Crippen molar-refractivity contribution >= 4 is 0 Å². The first-order valence-corrected chi connectivity index (χ1v) is 12.4. The first-order valence-electron chi connectivity index (χ1n) is 12.4. The van der Waals surface area contributed by atoms with Gasteiger partial charge in [0.1, 0.15) is 0 Å². The van der Waals surface area contributed by atoms with E-state index in [1.165, 1.54) is 68.2 Å². The number of nitrogens with one attached hydrogen (secondary N) is 1. The zero-order chi connectivity index (χ0) is 21.2. The molecule has 5 rings (SSSR count). The summed E-state index contributed by atoms with van der Waals surface area (Å²) in [4.78, 5) is 7.32. The van der Waals surface area contributed by atoms with E-state index in [0.29, 0.717) is 18.1 Å². The number of benzene rings is 1. The van der Waals surface area contributed by atoms with E-state index in [1.807, 2.05) is 6.20 Å². The average molecular weight is 419 g/mol. The van der Waals surface area contributed by atoms with E-state index in [2.05, 4.69) is 47.6 Å². The third-order valence-corrected chi connectivity index (χ3v) is 8.01. The van der Waals surface area contributed by atoms with E-state index < -0.39 is 0 Å². The summed E-state index contributed by atoms with van der Waals surface area (Å²) in [5, 5.41) is 3.83. The van der Waals surface area contributed by atoms with Crippen molar-refractivity contribution in [2.24, 2.45) is 11.7 Å². The quantitative estimate of drug-likeness (QED) is 0.765. The maximum Gasteiger partial charge on any atom is 0.0607 e. The number of hydrogen-bond donors (Lipinski definition) is 2. The van der Waals surface area contributed by atoms with Gasteiger partial charge in [-0.15, -0.1) is 0 Å². The van der Waals surface area contributed by atoms with Gasteiger partial charge in [-0.05, 0) is 99.1 Å². The molecule has 3 N–H and O–H groups in total. The van der Waals surface area contributed by atoms with Gasteiger partial charge >= 0.3 is 0 Å². The second-order valence-corrected chi connectivity index (χ2v) is 10.2. The van der Waals surface area contributed by atoms with Crippen molar-refractivity contribution in [2.45, 2.75) is 82.5 Å². The average Bonchev–Trinajstić information content (AvgIpc) is 2.80. The highest BCUT2D eigenvalue weighted by atomic mass is 15.2. The van der Waals surface area contributed by atoms with Crippen molar-refractivity contribution in [2.75, 3.05) is 13.6 Å². The van der Waals surface area contributed by atoms with Gasteiger partial charge in [-0.3, -0.25) is 9.88 Å². The second-order valence-electron chi connectivity index (χ2n) is 10.2. The predicted octanol–water partition coefficient (Wildman–Crippen LogP) is 4.17. The molecular weight excluding hydrogens is 380 g/mol. The van der Waals surface area contributed by atoms with Gasteiger partial charge in [0.15, 0.2) is 0 Å². The van der Waals surface area contributed by atoms with Gasteiger partial charge in [0, 0.05) is 31.4 Å². The number of pyridine rings is 1. The van der Waals surface area contributed by atoms with E-state index in [1.54, 1.807) is 11.1 Å². The Balaban J connectivity index is 1.26. The molecule has 2 atom stereocenters. The first kappa shape index (κ1) is 21.1. The molecule has 3 aliphatic rings. The van der Waals surface area contributed by atoms with Gasteiger partial charge in [-0.2, -0.15) is 0 Å². The Morgan fingerprint density at radius 3 is 2.77 bits per heavy atom. The molecule has 0 spiro atoms. The third-order valence-electron chi connectivity index (χ3n) is 8.01. The summed E-state index contributed by atoms with van der Waals surface area (Å²) in [5.74, 6) is 0.812. The summed E-state index contributed by atoms with van der Waals surface area (Å²) < 4.78 is 0. The lowest BCUT2D eigenvalue weighted by atomic mass is 9.80. The minimum atomic E-state index is 0.435. The lowest BCUT2D eigenvalue weighted by Gasteiger charge is -2.37. The normalized spacial score (nSPS) is 28.2. The van der Waals surface area contributed by atoms with Crippen molar-refractivity contribution in [1.82, 2.24) is 15.2 Å². The lowest BCUT2D eigenvalue weighted by Crippen LogP contribution is -2.45. The van der Waals surface area contributed by atoms with Crippen LogP contribution in [0.1, 0.15) is 72.5 Å². The van der Waals surface area contributed by atoms with Crippen molar-refractivity contribution in [3.8, 4) is 0 Å². The maximum absolute atomic E-state index is 6.14. The van der Waals surface area contributed by atoms with Crippen LogP contribution in [-0.2, 0) is 25.8 Å². The van der Waals surface area contributed by atoms with Gasteiger partial charge in [-0.1, -0.05) is 24.3 Å². The van der Waals surface area contributed by atoms with Crippen LogP contribution < -0.4 is 11.1 Å². The fourth-order valence-corrected chi connectivity index (χ4v) is 6.20. The molecule has 0 radical (unpaired) electrons. The van der Waals surface area contributed by atoms with Crippen molar-refractivity contribution in [1.29, 1.82) is 0 Å². The van der Waals surface area contributed by atoms with Gasteiger partial charge < -0.3 is 11.1 Å². The van der Waals surface area contributed by atoms with E-state index in [4.69, 9.17) is 10.7 Å². The molecule has 1 aromatic carbocycles. The van der Waals surface area contributed by atoms with E-state index in [-0.39, 0.29) is 0 Å². The molecule has 1 fully saturated rings. The summed E-state index contributed by atoms with van der Waals surface area (Å²) in [6.07, 6.45) is 13.0. The predicted molar refractivity (Wildman–Crippen MR) is 127 cm³/mol. The molecule has 4 nitrogen and oxygen atoms in total. The first-order chi connectivity index (χ1) is 15.2. The zero-order valence-electron chi connectivity index (χ0n) is 19.0. The molecule has 0 saturated heterocycles. The topological polar surface area (TPSA) is 54.2 Å². The fourth-order valence-electron chi connectivity index (χ4n) is 6.20. The molecule has 1 aliphatic heterocycles. The number of rotatable bonds is 5. The highest BCUT2D eigenvalue weighted by Crippen LogP contribution is 2.33. The summed E-state index contributed by atoms with van der Waals surface area (Å²) in [5.41, 5.74) is 13.6. The van der Waals surface area contributed by atoms with Crippen molar-refractivity contribution < 1.29 is 0 Å². The van der Waals surface area contributed by atoms with Crippen LogP contribution in [0, 0.1) is 5.92 Å². The molecule has 166 valence electrons. The highest BCUT2D eigenvalue weighted by Gasteiger charge is 2.29. The summed E-state index contributed by atoms with van der Waals surface area (Å²) in [6, 6.07) is 12.7.